The number of benzene rings is 1. The molecule has 0 aliphatic heterocycles. The summed E-state index contributed by atoms with van der Waals surface area (Å²) >= 11 is 0. The molecule has 0 saturated carbocycles. The lowest BCUT2D eigenvalue weighted by Crippen LogP contribution is -2.19. The molecule has 1 amide bonds. The van der Waals surface area contributed by atoms with Crippen LogP contribution in [0.3, 0.4) is 0 Å². The van der Waals surface area contributed by atoms with Gasteiger partial charge in [-0.3, -0.25) is 4.79 Å². The topological polar surface area (TPSA) is 75.6 Å². The van der Waals surface area contributed by atoms with Gasteiger partial charge >= 0.3 is 5.97 Å². The van der Waals surface area contributed by atoms with Crippen molar-refractivity contribution in [3.8, 4) is 5.75 Å². The van der Waals surface area contributed by atoms with E-state index in [-0.39, 0.29) is 11.7 Å². The predicted molar refractivity (Wildman–Crippen MR) is 67.2 cm³/mol. The smallest absolute Gasteiger partial charge is 0.337 e. The van der Waals surface area contributed by atoms with Crippen LogP contribution in [-0.2, 0) is 9.53 Å². The number of hydrogen-bond donors (Lipinski definition) is 2. The zero-order valence-electron chi connectivity index (χ0n) is 10.3. The maximum Gasteiger partial charge on any atom is 0.337 e. The van der Waals surface area contributed by atoms with Crippen molar-refractivity contribution >= 4 is 18.0 Å². The average molecular weight is 249 g/mol. The summed E-state index contributed by atoms with van der Waals surface area (Å²) in [5.41, 5.74) is 0.845. The van der Waals surface area contributed by atoms with Gasteiger partial charge in [-0.25, -0.2) is 4.79 Å². The van der Waals surface area contributed by atoms with Gasteiger partial charge in [0.1, 0.15) is 5.75 Å². The molecule has 1 aromatic carbocycles. The minimum Gasteiger partial charge on any atom is -0.507 e. The number of phenols is 1. The Morgan fingerprint density at radius 1 is 1.44 bits per heavy atom. The molecular weight excluding hydrogens is 234 g/mol. The van der Waals surface area contributed by atoms with Crippen LogP contribution >= 0.6 is 0 Å². The Labute approximate surface area is 105 Å². The lowest BCUT2D eigenvalue weighted by atomic mass is 10.1. The monoisotopic (exact) mass is 249 g/mol. The summed E-state index contributed by atoms with van der Waals surface area (Å²) in [4.78, 5) is 22.0. The molecule has 0 saturated heterocycles. The van der Waals surface area contributed by atoms with Crippen molar-refractivity contribution in [2.45, 2.75) is 6.92 Å². The van der Waals surface area contributed by atoms with E-state index in [2.05, 4.69) is 10.1 Å². The van der Waals surface area contributed by atoms with Crippen molar-refractivity contribution in [3.05, 3.63) is 35.4 Å². The minimum atomic E-state index is -0.466. The van der Waals surface area contributed by atoms with Gasteiger partial charge in [-0.2, -0.15) is 0 Å². The molecule has 5 heteroatoms. The van der Waals surface area contributed by atoms with Crippen LogP contribution in [0.1, 0.15) is 22.8 Å². The molecule has 96 valence electrons. The lowest BCUT2D eigenvalue weighted by Gasteiger charge is -2.03. The maximum atomic E-state index is 11.3. The molecular formula is C13H15NO4. The number of carbonyl (C=O) groups is 2. The van der Waals surface area contributed by atoms with Gasteiger partial charge < -0.3 is 15.2 Å². The van der Waals surface area contributed by atoms with Gasteiger partial charge in [0.2, 0.25) is 5.91 Å². The standard InChI is InChI=1S/C13H15NO4/c1-9(15)14-7-3-4-10-8-11(13(17)18-2)5-6-12(10)16/h3-6,8,16H,7H2,1-2H3,(H,14,15). The van der Waals surface area contributed by atoms with Crippen LogP contribution in [0.25, 0.3) is 6.08 Å². The van der Waals surface area contributed by atoms with E-state index in [0.29, 0.717) is 17.7 Å². The summed E-state index contributed by atoms with van der Waals surface area (Å²) in [6.07, 6.45) is 3.30. The Morgan fingerprint density at radius 2 is 2.17 bits per heavy atom. The first-order valence-corrected chi connectivity index (χ1v) is 5.37. The highest BCUT2D eigenvalue weighted by Crippen LogP contribution is 2.20. The number of ether oxygens (including phenoxy) is 1. The molecule has 5 nitrogen and oxygen atoms in total. The quantitative estimate of drug-likeness (QED) is 0.789. The number of aromatic hydroxyl groups is 1. The molecule has 0 spiro atoms. The second-order valence-electron chi connectivity index (χ2n) is 3.60. The van der Waals surface area contributed by atoms with Crippen molar-refractivity contribution < 1.29 is 19.4 Å². The summed E-state index contributed by atoms with van der Waals surface area (Å²) in [6.45, 7) is 1.78. The van der Waals surface area contributed by atoms with Crippen molar-refractivity contribution in [2.75, 3.05) is 13.7 Å². The molecule has 0 aliphatic carbocycles. The zero-order chi connectivity index (χ0) is 13.5. The molecule has 2 N–H and O–H groups in total. The minimum absolute atomic E-state index is 0.0572. The Morgan fingerprint density at radius 3 is 2.78 bits per heavy atom. The van der Waals surface area contributed by atoms with E-state index in [1.807, 2.05) is 0 Å². The predicted octanol–water partition coefficient (Wildman–Crippen LogP) is 1.33. The molecule has 0 bridgehead atoms. The van der Waals surface area contributed by atoms with Gasteiger partial charge in [-0.1, -0.05) is 12.2 Å². The highest BCUT2D eigenvalue weighted by molar-refractivity contribution is 5.90. The summed E-state index contributed by atoms with van der Waals surface area (Å²) in [5, 5.41) is 12.2. The number of amides is 1. The number of nitrogens with one attached hydrogen (secondary N) is 1. The number of phenolic OH excluding ortho intramolecular Hbond substituents is 1. The maximum absolute atomic E-state index is 11.3. The molecule has 0 heterocycles. The summed E-state index contributed by atoms with van der Waals surface area (Å²) in [7, 11) is 1.29. The van der Waals surface area contributed by atoms with Crippen LogP contribution in [-0.4, -0.2) is 30.6 Å². The van der Waals surface area contributed by atoms with Gasteiger partial charge in [-0.15, -0.1) is 0 Å². The fourth-order valence-electron chi connectivity index (χ4n) is 1.32. The third-order valence-electron chi connectivity index (χ3n) is 2.21. The number of hydrogen-bond acceptors (Lipinski definition) is 4. The summed E-state index contributed by atoms with van der Waals surface area (Å²) < 4.78 is 4.59. The Bertz CT molecular complexity index is 480. The van der Waals surface area contributed by atoms with Crippen LogP contribution in [0.5, 0.6) is 5.75 Å². The van der Waals surface area contributed by atoms with E-state index < -0.39 is 5.97 Å². The van der Waals surface area contributed by atoms with Crippen molar-refractivity contribution in [1.29, 1.82) is 0 Å². The average Bonchev–Trinajstić information content (AvgIpc) is 2.35. The third kappa shape index (κ3) is 3.93. The van der Waals surface area contributed by atoms with Gasteiger partial charge in [-0.05, 0) is 18.2 Å². The molecule has 18 heavy (non-hydrogen) atoms. The van der Waals surface area contributed by atoms with E-state index in [1.54, 1.807) is 12.2 Å². The first kappa shape index (κ1) is 13.8. The van der Waals surface area contributed by atoms with Crippen molar-refractivity contribution in [3.63, 3.8) is 0 Å². The first-order valence-electron chi connectivity index (χ1n) is 5.37. The van der Waals surface area contributed by atoms with Crippen molar-refractivity contribution in [2.24, 2.45) is 0 Å². The van der Waals surface area contributed by atoms with Crippen LogP contribution in [0, 0.1) is 0 Å². The van der Waals surface area contributed by atoms with Crippen LogP contribution in [0.2, 0.25) is 0 Å². The van der Waals surface area contributed by atoms with Gasteiger partial charge in [0.25, 0.3) is 0 Å². The molecule has 0 radical (unpaired) electrons. The Balaban J connectivity index is 2.81. The number of methoxy groups -OCH3 is 1. The highest BCUT2D eigenvalue weighted by Gasteiger charge is 2.07. The van der Waals surface area contributed by atoms with Crippen LogP contribution in [0.15, 0.2) is 24.3 Å². The van der Waals surface area contributed by atoms with Gasteiger partial charge in [0, 0.05) is 19.0 Å². The van der Waals surface area contributed by atoms with Crippen LogP contribution < -0.4 is 5.32 Å². The number of esters is 1. The molecule has 0 atom stereocenters. The van der Waals surface area contributed by atoms with Crippen molar-refractivity contribution in [1.82, 2.24) is 5.32 Å². The zero-order valence-corrected chi connectivity index (χ0v) is 10.3. The molecule has 0 aromatic heterocycles. The Kier molecular flexibility index (Phi) is 4.92. The lowest BCUT2D eigenvalue weighted by molar-refractivity contribution is -0.118. The summed E-state index contributed by atoms with van der Waals surface area (Å²) in [5.74, 6) is -0.541. The Hall–Kier alpha value is -2.30. The van der Waals surface area contributed by atoms with E-state index in [1.165, 1.54) is 32.2 Å². The fourth-order valence-corrected chi connectivity index (χ4v) is 1.32. The van der Waals surface area contributed by atoms with E-state index >= 15 is 0 Å². The van der Waals surface area contributed by atoms with E-state index in [0.717, 1.165) is 0 Å². The molecule has 1 aromatic rings. The van der Waals surface area contributed by atoms with E-state index in [4.69, 9.17) is 0 Å². The third-order valence-corrected chi connectivity index (χ3v) is 2.21. The second kappa shape index (κ2) is 6.44. The number of carbonyl (C=O) groups excluding carboxylic acids is 2. The molecule has 0 unspecified atom stereocenters. The number of rotatable bonds is 4. The molecule has 1 rings (SSSR count). The van der Waals surface area contributed by atoms with Crippen LogP contribution in [0.4, 0.5) is 0 Å². The SMILES string of the molecule is COC(=O)c1ccc(O)c(C=CCNC(C)=O)c1. The normalized spacial score (nSPS) is 10.3. The second-order valence-corrected chi connectivity index (χ2v) is 3.60. The molecule has 0 aliphatic rings. The summed E-state index contributed by atoms with van der Waals surface area (Å²) in [6, 6.07) is 4.42. The van der Waals surface area contributed by atoms with Gasteiger partial charge in [0.05, 0.1) is 12.7 Å². The van der Waals surface area contributed by atoms with Gasteiger partial charge in [0.15, 0.2) is 0 Å². The fraction of sp³-hybridized carbons (Fsp3) is 0.231. The largest absolute Gasteiger partial charge is 0.507 e. The highest BCUT2D eigenvalue weighted by atomic mass is 16.5. The molecule has 0 fully saturated rings. The first-order chi connectivity index (χ1) is 8.54. The van der Waals surface area contributed by atoms with E-state index in [9.17, 15) is 14.7 Å².